The molecule has 0 N–H and O–H groups in total. The zero-order valence-corrected chi connectivity index (χ0v) is 13.6. The standard InChI is InChI=1S/C19H24N2O/c1-4-15(3)17-13-22-19(20-17)18-6-5-11-21(18)12-16-9-7-14(2)8-10-16/h5-11,15,17H,4,12-13H2,1-3H3/t15-,17-/m0/s1. The lowest BCUT2D eigenvalue weighted by Gasteiger charge is -2.11. The molecule has 1 aromatic carbocycles. The summed E-state index contributed by atoms with van der Waals surface area (Å²) in [5.74, 6) is 1.36. The summed E-state index contributed by atoms with van der Waals surface area (Å²) in [6.45, 7) is 8.12. The number of nitrogens with zero attached hydrogens (tertiary/aromatic N) is 2. The van der Waals surface area contributed by atoms with Gasteiger partial charge < -0.3 is 9.30 Å². The molecule has 1 aliphatic rings. The largest absolute Gasteiger partial charge is 0.474 e. The summed E-state index contributed by atoms with van der Waals surface area (Å²) in [4.78, 5) is 4.79. The van der Waals surface area contributed by atoms with Crippen LogP contribution in [-0.2, 0) is 11.3 Å². The highest BCUT2D eigenvalue weighted by Gasteiger charge is 2.25. The molecule has 3 rings (SSSR count). The third-order valence-electron chi connectivity index (χ3n) is 4.50. The van der Waals surface area contributed by atoms with Crippen molar-refractivity contribution in [2.75, 3.05) is 6.61 Å². The molecular weight excluding hydrogens is 272 g/mol. The molecule has 0 saturated carbocycles. The van der Waals surface area contributed by atoms with Gasteiger partial charge in [0, 0.05) is 12.7 Å². The van der Waals surface area contributed by atoms with E-state index in [1.807, 2.05) is 0 Å². The van der Waals surface area contributed by atoms with Gasteiger partial charge in [0.05, 0.1) is 6.04 Å². The maximum Gasteiger partial charge on any atom is 0.233 e. The van der Waals surface area contributed by atoms with Crippen LogP contribution >= 0.6 is 0 Å². The normalized spacial score (nSPS) is 18.9. The minimum atomic E-state index is 0.294. The number of aromatic nitrogens is 1. The number of hydrogen-bond acceptors (Lipinski definition) is 2. The lowest BCUT2D eigenvalue weighted by Crippen LogP contribution is -2.16. The van der Waals surface area contributed by atoms with Gasteiger partial charge >= 0.3 is 0 Å². The first kappa shape index (κ1) is 14.9. The van der Waals surface area contributed by atoms with E-state index >= 15 is 0 Å². The van der Waals surface area contributed by atoms with Gasteiger partial charge in [-0.05, 0) is 30.5 Å². The Morgan fingerprint density at radius 2 is 2.05 bits per heavy atom. The van der Waals surface area contributed by atoms with E-state index in [9.17, 15) is 0 Å². The van der Waals surface area contributed by atoms with Gasteiger partial charge in [-0.3, -0.25) is 0 Å². The maximum atomic E-state index is 5.86. The molecule has 1 aliphatic heterocycles. The monoisotopic (exact) mass is 296 g/mol. The second-order valence-corrected chi connectivity index (χ2v) is 6.21. The summed E-state index contributed by atoms with van der Waals surface area (Å²) in [5.41, 5.74) is 3.66. The van der Waals surface area contributed by atoms with E-state index in [1.165, 1.54) is 11.1 Å². The van der Waals surface area contributed by atoms with Gasteiger partial charge in [-0.15, -0.1) is 0 Å². The van der Waals surface area contributed by atoms with Crippen molar-refractivity contribution in [1.29, 1.82) is 0 Å². The van der Waals surface area contributed by atoms with E-state index < -0.39 is 0 Å². The van der Waals surface area contributed by atoms with Crippen molar-refractivity contribution in [2.45, 2.75) is 39.8 Å². The molecular formula is C19H24N2O. The molecule has 22 heavy (non-hydrogen) atoms. The van der Waals surface area contributed by atoms with Gasteiger partial charge in [-0.2, -0.15) is 0 Å². The molecule has 116 valence electrons. The molecule has 0 aliphatic carbocycles. The molecule has 0 spiro atoms. The molecule has 0 radical (unpaired) electrons. The quantitative estimate of drug-likeness (QED) is 0.818. The zero-order chi connectivity index (χ0) is 15.5. The topological polar surface area (TPSA) is 26.5 Å². The second-order valence-electron chi connectivity index (χ2n) is 6.21. The summed E-state index contributed by atoms with van der Waals surface area (Å²) in [7, 11) is 0. The van der Waals surface area contributed by atoms with Crippen LogP contribution < -0.4 is 0 Å². The lowest BCUT2D eigenvalue weighted by molar-refractivity contribution is 0.281. The zero-order valence-electron chi connectivity index (χ0n) is 13.6. The Hall–Kier alpha value is -2.03. The Morgan fingerprint density at radius 3 is 2.77 bits per heavy atom. The molecule has 2 heterocycles. The average molecular weight is 296 g/mol. The molecule has 3 heteroatoms. The van der Waals surface area contributed by atoms with Gasteiger partial charge in [0.2, 0.25) is 5.90 Å². The highest BCUT2D eigenvalue weighted by atomic mass is 16.5. The first-order chi connectivity index (χ1) is 10.7. The summed E-state index contributed by atoms with van der Waals surface area (Å²) in [5, 5.41) is 0. The van der Waals surface area contributed by atoms with Crippen molar-refractivity contribution in [3.63, 3.8) is 0 Å². The molecule has 3 nitrogen and oxygen atoms in total. The van der Waals surface area contributed by atoms with Crippen molar-refractivity contribution in [3.8, 4) is 0 Å². The van der Waals surface area contributed by atoms with Crippen LogP contribution in [0.15, 0.2) is 47.6 Å². The Bertz CT molecular complexity index is 654. The van der Waals surface area contributed by atoms with Crippen LogP contribution in [0.25, 0.3) is 0 Å². The predicted molar refractivity (Wildman–Crippen MR) is 90.4 cm³/mol. The molecule has 0 saturated heterocycles. The number of hydrogen-bond donors (Lipinski definition) is 0. The van der Waals surface area contributed by atoms with E-state index in [0.29, 0.717) is 18.6 Å². The molecule has 0 bridgehead atoms. The molecule has 0 unspecified atom stereocenters. The first-order valence-corrected chi connectivity index (χ1v) is 8.09. The fourth-order valence-electron chi connectivity index (χ4n) is 2.73. The van der Waals surface area contributed by atoms with E-state index in [2.05, 4.69) is 67.9 Å². The molecule has 2 atom stereocenters. The van der Waals surface area contributed by atoms with Crippen LogP contribution in [-0.4, -0.2) is 23.1 Å². The van der Waals surface area contributed by atoms with E-state index in [0.717, 1.165) is 24.6 Å². The number of aliphatic imine (C=N–C) groups is 1. The Balaban J connectivity index is 1.79. The molecule has 1 aromatic heterocycles. The average Bonchev–Trinajstić information content (AvgIpc) is 3.17. The summed E-state index contributed by atoms with van der Waals surface area (Å²) >= 11 is 0. The molecule has 0 fully saturated rings. The van der Waals surface area contributed by atoms with E-state index in [-0.39, 0.29) is 0 Å². The third-order valence-corrected chi connectivity index (χ3v) is 4.50. The minimum Gasteiger partial charge on any atom is -0.474 e. The van der Waals surface area contributed by atoms with Crippen LogP contribution in [0.1, 0.15) is 37.1 Å². The second kappa shape index (κ2) is 6.39. The van der Waals surface area contributed by atoms with Crippen molar-refractivity contribution < 1.29 is 4.74 Å². The van der Waals surface area contributed by atoms with Crippen LogP contribution in [0.2, 0.25) is 0 Å². The van der Waals surface area contributed by atoms with E-state index in [1.54, 1.807) is 0 Å². The number of rotatable bonds is 5. The lowest BCUT2D eigenvalue weighted by atomic mass is 10.0. The number of aryl methyl sites for hydroxylation is 1. The fourth-order valence-corrected chi connectivity index (χ4v) is 2.73. The highest BCUT2D eigenvalue weighted by Crippen LogP contribution is 2.21. The van der Waals surface area contributed by atoms with Crippen molar-refractivity contribution in [1.82, 2.24) is 4.57 Å². The highest BCUT2D eigenvalue weighted by molar-refractivity contribution is 5.93. The predicted octanol–water partition coefficient (Wildman–Crippen LogP) is 4.04. The van der Waals surface area contributed by atoms with Crippen molar-refractivity contribution >= 4 is 5.90 Å². The van der Waals surface area contributed by atoms with Gasteiger partial charge in [0.1, 0.15) is 12.3 Å². The Labute approximate surface area is 132 Å². The SMILES string of the molecule is CC[C@H](C)[C@@H]1COC(c2cccn2Cc2ccc(C)cc2)=N1. The van der Waals surface area contributed by atoms with Gasteiger partial charge in [0.25, 0.3) is 0 Å². The Kier molecular flexibility index (Phi) is 4.32. The smallest absolute Gasteiger partial charge is 0.233 e. The first-order valence-electron chi connectivity index (χ1n) is 8.09. The number of ether oxygens (including phenoxy) is 1. The van der Waals surface area contributed by atoms with Crippen LogP contribution in [0, 0.1) is 12.8 Å². The maximum absolute atomic E-state index is 5.86. The van der Waals surface area contributed by atoms with Gasteiger partial charge in [-0.1, -0.05) is 50.1 Å². The van der Waals surface area contributed by atoms with Crippen LogP contribution in [0.3, 0.4) is 0 Å². The van der Waals surface area contributed by atoms with Crippen molar-refractivity contribution in [3.05, 3.63) is 59.4 Å². The summed E-state index contributed by atoms with van der Waals surface area (Å²) < 4.78 is 8.07. The summed E-state index contributed by atoms with van der Waals surface area (Å²) in [6.07, 6.45) is 3.23. The van der Waals surface area contributed by atoms with Gasteiger partial charge in [0.15, 0.2) is 0 Å². The molecule has 0 amide bonds. The van der Waals surface area contributed by atoms with Crippen LogP contribution in [0.5, 0.6) is 0 Å². The van der Waals surface area contributed by atoms with E-state index in [4.69, 9.17) is 9.73 Å². The Morgan fingerprint density at radius 1 is 1.27 bits per heavy atom. The van der Waals surface area contributed by atoms with Crippen molar-refractivity contribution in [2.24, 2.45) is 10.9 Å². The molecule has 2 aromatic rings. The van der Waals surface area contributed by atoms with Crippen LogP contribution in [0.4, 0.5) is 0 Å². The minimum absolute atomic E-state index is 0.294. The fraction of sp³-hybridized carbons (Fsp3) is 0.421. The van der Waals surface area contributed by atoms with Gasteiger partial charge in [-0.25, -0.2) is 4.99 Å². The summed E-state index contributed by atoms with van der Waals surface area (Å²) in [6, 6.07) is 13.1. The number of benzene rings is 1. The third kappa shape index (κ3) is 3.08.